The number of rotatable bonds is 6. The van der Waals surface area contributed by atoms with Gasteiger partial charge >= 0.3 is 0 Å². The van der Waals surface area contributed by atoms with Crippen LogP contribution in [0.1, 0.15) is 24.8 Å². The van der Waals surface area contributed by atoms with E-state index >= 15 is 0 Å². The minimum absolute atomic E-state index is 0.0156. The van der Waals surface area contributed by atoms with E-state index in [0.29, 0.717) is 6.54 Å². The lowest BCUT2D eigenvalue weighted by Gasteiger charge is -2.38. The molecule has 0 spiro atoms. The summed E-state index contributed by atoms with van der Waals surface area (Å²) in [6.07, 6.45) is 2.95. The monoisotopic (exact) mass is 290 g/mol. The van der Waals surface area contributed by atoms with E-state index in [4.69, 9.17) is 15.2 Å². The summed E-state index contributed by atoms with van der Waals surface area (Å²) in [6, 6.07) is 5.53. The Kier molecular flexibility index (Phi) is 3.68. The first kappa shape index (κ1) is 13.7. The lowest BCUT2D eigenvalue weighted by Crippen LogP contribution is -2.58. The summed E-state index contributed by atoms with van der Waals surface area (Å²) in [4.78, 5) is 24.1. The summed E-state index contributed by atoms with van der Waals surface area (Å²) in [5, 5.41) is 0. The third-order valence-electron chi connectivity index (χ3n) is 3.94. The lowest BCUT2D eigenvalue weighted by atomic mass is 10.00. The smallest absolute Gasteiger partial charge is 0.240 e. The van der Waals surface area contributed by atoms with Gasteiger partial charge < -0.3 is 20.1 Å². The average Bonchev–Trinajstić information content (AvgIpc) is 2.91. The number of ether oxygens (including phenoxy) is 2. The Morgan fingerprint density at radius 3 is 2.86 bits per heavy atom. The number of nitrogens with two attached hydrogens (primary N) is 1. The number of hydrogen-bond acceptors (Lipinski definition) is 4. The van der Waals surface area contributed by atoms with Crippen LogP contribution >= 0.6 is 0 Å². The van der Waals surface area contributed by atoms with E-state index in [1.807, 2.05) is 18.2 Å². The molecule has 1 aromatic rings. The van der Waals surface area contributed by atoms with Crippen LogP contribution in [0.5, 0.6) is 11.5 Å². The molecule has 112 valence electrons. The molecule has 1 saturated heterocycles. The molecule has 2 N–H and O–H groups in total. The summed E-state index contributed by atoms with van der Waals surface area (Å²) in [5.74, 6) is 1.18. The van der Waals surface area contributed by atoms with E-state index in [2.05, 4.69) is 0 Å². The number of carbonyl (C=O) groups excluding carboxylic acids is 2. The number of likely N-dealkylation sites (tertiary alicyclic amines) is 1. The molecule has 1 unspecified atom stereocenters. The molecule has 21 heavy (non-hydrogen) atoms. The van der Waals surface area contributed by atoms with Crippen molar-refractivity contribution < 1.29 is 19.1 Å². The molecule has 0 aliphatic carbocycles. The maximum atomic E-state index is 11.4. The van der Waals surface area contributed by atoms with Crippen molar-refractivity contribution in [2.75, 3.05) is 13.3 Å². The highest BCUT2D eigenvalue weighted by Crippen LogP contribution is 2.32. The fraction of sp³-hybridized carbons (Fsp3) is 0.467. The largest absolute Gasteiger partial charge is 0.454 e. The number of benzene rings is 1. The number of β-lactam (4-membered cyclic amide) rings is 1. The summed E-state index contributed by atoms with van der Waals surface area (Å²) >= 11 is 0. The quantitative estimate of drug-likeness (QED) is 0.621. The Bertz CT molecular complexity index is 573. The van der Waals surface area contributed by atoms with Crippen molar-refractivity contribution in [1.82, 2.24) is 4.90 Å². The number of fused-ring (bicyclic) bond motifs is 1. The maximum Gasteiger partial charge on any atom is 0.240 e. The van der Waals surface area contributed by atoms with Gasteiger partial charge in [-0.05, 0) is 37.0 Å². The van der Waals surface area contributed by atoms with E-state index in [0.717, 1.165) is 30.8 Å². The molecule has 0 radical (unpaired) electrons. The summed E-state index contributed by atoms with van der Waals surface area (Å²) in [7, 11) is 0. The number of unbranched alkanes of at least 4 members (excludes halogenated alkanes) is 1. The Balaban J connectivity index is 1.44. The van der Waals surface area contributed by atoms with Crippen molar-refractivity contribution in [2.24, 2.45) is 5.73 Å². The summed E-state index contributed by atoms with van der Waals surface area (Å²) < 4.78 is 10.6. The number of hydrogen-bond donors (Lipinski definition) is 1. The van der Waals surface area contributed by atoms with Gasteiger partial charge in [0, 0.05) is 6.54 Å². The van der Waals surface area contributed by atoms with Crippen LogP contribution in [-0.4, -0.2) is 36.1 Å². The van der Waals surface area contributed by atoms with Crippen LogP contribution in [-0.2, 0) is 16.0 Å². The van der Waals surface area contributed by atoms with Gasteiger partial charge in [-0.2, -0.15) is 0 Å². The lowest BCUT2D eigenvalue weighted by molar-refractivity contribution is -0.152. The van der Waals surface area contributed by atoms with E-state index in [1.54, 1.807) is 4.90 Å². The third kappa shape index (κ3) is 2.79. The van der Waals surface area contributed by atoms with E-state index in [1.165, 1.54) is 5.56 Å². The predicted molar refractivity (Wildman–Crippen MR) is 74.8 cm³/mol. The van der Waals surface area contributed by atoms with Gasteiger partial charge in [-0.3, -0.25) is 9.59 Å². The van der Waals surface area contributed by atoms with Gasteiger partial charge in [-0.1, -0.05) is 6.07 Å². The number of nitrogens with zero attached hydrogens (tertiary/aromatic N) is 1. The van der Waals surface area contributed by atoms with Crippen molar-refractivity contribution in [3.8, 4) is 11.5 Å². The summed E-state index contributed by atoms with van der Waals surface area (Å²) in [5.41, 5.74) is 6.42. The molecule has 3 rings (SSSR count). The van der Waals surface area contributed by atoms with Crippen LogP contribution in [0.4, 0.5) is 0 Å². The highest BCUT2D eigenvalue weighted by atomic mass is 16.7. The standard InChI is InChI=1S/C15H18N2O4/c16-15(19)11-8-14(18)17(11)6-2-1-3-10-4-5-12-13(7-10)21-9-20-12/h4-5,7,11H,1-3,6,8-9H2,(H2,16,19). The zero-order valence-electron chi connectivity index (χ0n) is 11.7. The average molecular weight is 290 g/mol. The predicted octanol–water partition coefficient (Wildman–Crippen LogP) is 0.824. The van der Waals surface area contributed by atoms with Gasteiger partial charge in [0.05, 0.1) is 6.42 Å². The highest BCUT2D eigenvalue weighted by Gasteiger charge is 2.39. The van der Waals surface area contributed by atoms with Gasteiger partial charge in [-0.15, -0.1) is 0 Å². The molecule has 0 bridgehead atoms. The molecule has 0 saturated carbocycles. The topological polar surface area (TPSA) is 81.9 Å². The van der Waals surface area contributed by atoms with Crippen molar-refractivity contribution >= 4 is 11.8 Å². The normalized spacial score (nSPS) is 19.5. The second-order valence-corrected chi connectivity index (χ2v) is 5.35. The second-order valence-electron chi connectivity index (χ2n) is 5.35. The Hall–Kier alpha value is -2.24. The molecule has 1 aromatic carbocycles. The molecule has 6 nitrogen and oxygen atoms in total. The van der Waals surface area contributed by atoms with Crippen LogP contribution < -0.4 is 15.2 Å². The zero-order chi connectivity index (χ0) is 14.8. The van der Waals surface area contributed by atoms with Gasteiger partial charge in [-0.25, -0.2) is 0 Å². The Morgan fingerprint density at radius 2 is 2.10 bits per heavy atom. The zero-order valence-corrected chi connectivity index (χ0v) is 11.7. The minimum atomic E-state index is -0.412. The molecule has 0 aromatic heterocycles. The number of aryl methyl sites for hydroxylation is 1. The van der Waals surface area contributed by atoms with E-state index in [-0.39, 0.29) is 19.1 Å². The van der Waals surface area contributed by atoms with Crippen molar-refractivity contribution in [3.63, 3.8) is 0 Å². The highest BCUT2D eigenvalue weighted by molar-refractivity contribution is 5.96. The Morgan fingerprint density at radius 1 is 1.29 bits per heavy atom. The van der Waals surface area contributed by atoms with Crippen molar-refractivity contribution in [3.05, 3.63) is 23.8 Å². The molecule has 1 atom stereocenters. The van der Waals surface area contributed by atoms with Crippen LogP contribution in [0.3, 0.4) is 0 Å². The van der Waals surface area contributed by atoms with Gasteiger partial charge in [0.1, 0.15) is 6.04 Å². The molecular weight excluding hydrogens is 272 g/mol. The molecule has 2 aliphatic heterocycles. The van der Waals surface area contributed by atoms with E-state index in [9.17, 15) is 9.59 Å². The van der Waals surface area contributed by atoms with Gasteiger partial charge in [0.2, 0.25) is 18.6 Å². The van der Waals surface area contributed by atoms with Crippen LogP contribution in [0.2, 0.25) is 0 Å². The van der Waals surface area contributed by atoms with Crippen LogP contribution in [0.15, 0.2) is 18.2 Å². The van der Waals surface area contributed by atoms with Crippen molar-refractivity contribution in [1.29, 1.82) is 0 Å². The van der Waals surface area contributed by atoms with Crippen LogP contribution in [0, 0.1) is 0 Å². The first-order valence-electron chi connectivity index (χ1n) is 7.12. The minimum Gasteiger partial charge on any atom is -0.454 e. The molecule has 2 aliphatic rings. The molecule has 1 fully saturated rings. The van der Waals surface area contributed by atoms with E-state index < -0.39 is 11.9 Å². The number of carbonyl (C=O) groups is 2. The molecular formula is C15H18N2O4. The van der Waals surface area contributed by atoms with Gasteiger partial charge in [0.15, 0.2) is 11.5 Å². The fourth-order valence-electron chi connectivity index (χ4n) is 2.70. The van der Waals surface area contributed by atoms with Gasteiger partial charge in [0.25, 0.3) is 0 Å². The van der Waals surface area contributed by atoms with Crippen molar-refractivity contribution in [2.45, 2.75) is 31.7 Å². The first-order chi connectivity index (χ1) is 10.1. The maximum absolute atomic E-state index is 11.4. The molecule has 6 heteroatoms. The SMILES string of the molecule is NC(=O)C1CC(=O)N1CCCCc1ccc2c(c1)OCO2. The molecule has 2 amide bonds. The molecule has 2 heterocycles. The number of primary amides is 1. The third-order valence-corrected chi connectivity index (χ3v) is 3.94. The van der Waals surface area contributed by atoms with Crippen LogP contribution in [0.25, 0.3) is 0 Å². The Labute approximate surface area is 122 Å². The summed E-state index contributed by atoms with van der Waals surface area (Å²) in [6.45, 7) is 0.876. The second kappa shape index (κ2) is 5.63. The first-order valence-corrected chi connectivity index (χ1v) is 7.12. The number of amides is 2. The fourth-order valence-corrected chi connectivity index (χ4v) is 2.70.